The monoisotopic (exact) mass is 269 g/mol. The summed E-state index contributed by atoms with van der Waals surface area (Å²) < 4.78 is 1.05. The molecule has 0 saturated carbocycles. The summed E-state index contributed by atoms with van der Waals surface area (Å²) in [6, 6.07) is 2.73. The number of likely N-dealkylation sites (N-methyl/N-ethyl adjacent to an activating group) is 1. The van der Waals surface area contributed by atoms with E-state index in [0.29, 0.717) is 6.04 Å². The number of anilines is 1. The number of halogens is 1. The summed E-state index contributed by atoms with van der Waals surface area (Å²) in [6.45, 7) is 4.27. The van der Waals surface area contributed by atoms with Crippen LogP contribution in [0.2, 0.25) is 0 Å². The van der Waals surface area contributed by atoms with Crippen LogP contribution in [0.1, 0.15) is 12.0 Å². The molecule has 1 aliphatic rings. The zero-order valence-corrected chi connectivity index (χ0v) is 10.7. The van der Waals surface area contributed by atoms with Gasteiger partial charge in [0.05, 0.1) is 0 Å². The minimum atomic E-state index is 0.606. The SMILES string of the molecule is CN[C@@H]1CCN(c2ncc(Br)cc2C)C1. The van der Waals surface area contributed by atoms with Crippen molar-refractivity contribution in [3.63, 3.8) is 0 Å². The highest BCUT2D eigenvalue weighted by Gasteiger charge is 2.22. The number of nitrogens with one attached hydrogen (secondary N) is 1. The molecule has 1 aliphatic heterocycles. The predicted octanol–water partition coefficient (Wildman–Crippen LogP) is 1.95. The zero-order chi connectivity index (χ0) is 10.8. The fourth-order valence-corrected chi connectivity index (χ4v) is 2.50. The highest BCUT2D eigenvalue weighted by atomic mass is 79.9. The van der Waals surface area contributed by atoms with Crippen LogP contribution in [0.3, 0.4) is 0 Å². The van der Waals surface area contributed by atoms with E-state index >= 15 is 0 Å². The third-order valence-corrected chi connectivity index (χ3v) is 3.35. The van der Waals surface area contributed by atoms with E-state index in [1.54, 1.807) is 0 Å². The largest absolute Gasteiger partial charge is 0.355 e. The Labute approximate surface area is 99.0 Å². The first kappa shape index (κ1) is 10.9. The van der Waals surface area contributed by atoms with Crippen LogP contribution in [0.25, 0.3) is 0 Å². The fraction of sp³-hybridized carbons (Fsp3) is 0.545. The molecule has 0 amide bonds. The molecule has 1 fully saturated rings. The second-order valence-electron chi connectivity index (χ2n) is 4.01. The Hall–Kier alpha value is -0.610. The van der Waals surface area contributed by atoms with Crippen molar-refractivity contribution in [3.8, 4) is 0 Å². The number of hydrogen-bond acceptors (Lipinski definition) is 3. The molecule has 15 heavy (non-hydrogen) atoms. The van der Waals surface area contributed by atoms with E-state index in [4.69, 9.17) is 0 Å². The Morgan fingerprint density at radius 2 is 2.40 bits per heavy atom. The van der Waals surface area contributed by atoms with Crippen LogP contribution in [0.15, 0.2) is 16.7 Å². The van der Waals surface area contributed by atoms with Crippen LogP contribution in [0.5, 0.6) is 0 Å². The van der Waals surface area contributed by atoms with Gasteiger partial charge in [0, 0.05) is 29.8 Å². The van der Waals surface area contributed by atoms with E-state index < -0.39 is 0 Å². The van der Waals surface area contributed by atoms with E-state index in [2.05, 4.69) is 44.1 Å². The van der Waals surface area contributed by atoms with E-state index in [9.17, 15) is 0 Å². The van der Waals surface area contributed by atoms with Gasteiger partial charge in [0.1, 0.15) is 5.82 Å². The van der Waals surface area contributed by atoms with Crippen LogP contribution >= 0.6 is 15.9 Å². The van der Waals surface area contributed by atoms with Gasteiger partial charge < -0.3 is 10.2 Å². The Bertz CT molecular complexity index is 354. The maximum atomic E-state index is 4.48. The van der Waals surface area contributed by atoms with Gasteiger partial charge in [-0.2, -0.15) is 0 Å². The van der Waals surface area contributed by atoms with Crippen molar-refractivity contribution < 1.29 is 0 Å². The fourth-order valence-electron chi connectivity index (χ4n) is 2.05. The Morgan fingerprint density at radius 1 is 1.60 bits per heavy atom. The lowest BCUT2D eigenvalue weighted by atomic mass is 10.3. The minimum Gasteiger partial charge on any atom is -0.355 e. The van der Waals surface area contributed by atoms with Crippen LogP contribution in [0.4, 0.5) is 5.82 Å². The Kier molecular flexibility index (Phi) is 3.26. The Balaban J connectivity index is 2.17. The number of aryl methyl sites for hydroxylation is 1. The van der Waals surface area contributed by atoms with Gasteiger partial charge in [0.15, 0.2) is 0 Å². The summed E-state index contributed by atoms with van der Waals surface area (Å²) in [5.74, 6) is 1.12. The number of pyridine rings is 1. The predicted molar refractivity (Wildman–Crippen MR) is 66.4 cm³/mol. The van der Waals surface area contributed by atoms with Crippen molar-refractivity contribution >= 4 is 21.7 Å². The third kappa shape index (κ3) is 2.32. The molecule has 1 aromatic heterocycles. The number of rotatable bonds is 2. The van der Waals surface area contributed by atoms with E-state index in [1.807, 2.05) is 13.2 Å². The number of hydrogen-bond donors (Lipinski definition) is 1. The van der Waals surface area contributed by atoms with Gasteiger partial charge in [-0.3, -0.25) is 0 Å². The first-order chi connectivity index (χ1) is 7.20. The minimum absolute atomic E-state index is 0.606. The van der Waals surface area contributed by atoms with Crippen molar-refractivity contribution in [1.29, 1.82) is 0 Å². The molecular formula is C11H16BrN3. The lowest BCUT2D eigenvalue weighted by Gasteiger charge is -2.19. The summed E-state index contributed by atoms with van der Waals surface area (Å²) in [6.07, 6.45) is 3.07. The molecule has 0 bridgehead atoms. The molecule has 0 spiro atoms. The van der Waals surface area contributed by atoms with Crippen molar-refractivity contribution in [2.45, 2.75) is 19.4 Å². The molecule has 1 N–H and O–H groups in total. The van der Waals surface area contributed by atoms with Crippen molar-refractivity contribution in [3.05, 3.63) is 22.3 Å². The molecule has 2 rings (SSSR count). The summed E-state index contributed by atoms with van der Waals surface area (Å²) in [5, 5.41) is 3.32. The molecule has 1 atom stereocenters. The molecule has 0 aromatic carbocycles. The molecule has 82 valence electrons. The quantitative estimate of drug-likeness (QED) is 0.890. The van der Waals surface area contributed by atoms with Crippen LogP contribution < -0.4 is 10.2 Å². The molecule has 1 saturated heterocycles. The summed E-state index contributed by atoms with van der Waals surface area (Å²) in [4.78, 5) is 6.83. The van der Waals surface area contributed by atoms with Crippen LogP contribution in [-0.2, 0) is 0 Å². The van der Waals surface area contributed by atoms with Gasteiger partial charge in [-0.25, -0.2) is 4.98 Å². The highest BCUT2D eigenvalue weighted by molar-refractivity contribution is 9.10. The standard InChI is InChI=1S/C11H16BrN3/c1-8-5-9(12)6-14-11(8)15-4-3-10(7-15)13-2/h5-6,10,13H,3-4,7H2,1-2H3/t10-/m1/s1. The van der Waals surface area contributed by atoms with Crippen molar-refractivity contribution in [2.24, 2.45) is 0 Å². The third-order valence-electron chi connectivity index (χ3n) is 2.91. The Morgan fingerprint density at radius 3 is 3.00 bits per heavy atom. The zero-order valence-electron chi connectivity index (χ0n) is 9.13. The number of aromatic nitrogens is 1. The van der Waals surface area contributed by atoms with Gasteiger partial charge in [0.25, 0.3) is 0 Å². The van der Waals surface area contributed by atoms with Crippen LogP contribution in [-0.4, -0.2) is 31.2 Å². The van der Waals surface area contributed by atoms with Crippen molar-refractivity contribution in [1.82, 2.24) is 10.3 Å². The first-order valence-corrected chi connectivity index (χ1v) is 6.04. The number of nitrogens with zero attached hydrogens (tertiary/aromatic N) is 2. The first-order valence-electron chi connectivity index (χ1n) is 5.25. The summed E-state index contributed by atoms with van der Waals surface area (Å²) >= 11 is 3.44. The second kappa shape index (κ2) is 4.49. The van der Waals surface area contributed by atoms with E-state index in [0.717, 1.165) is 23.4 Å². The van der Waals surface area contributed by atoms with Gasteiger partial charge in [-0.15, -0.1) is 0 Å². The molecular weight excluding hydrogens is 254 g/mol. The topological polar surface area (TPSA) is 28.2 Å². The molecule has 2 heterocycles. The molecule has 0 radical (unpaired) electrons. The maximum absolute atomic E-state index is 4.48. The van der Waals surface area contributed by atoms with E-state index in [1.165, 1.54) is 12.0 Å². The molecule has 0 unspecified atom stereocenters. The molecule has 3 nitrogen and oxygen atoms in total. The highest BCUT2D eigenvalue weighted by Crippen LogP contribution is 2.23. The maximum Gasteiger partial charge on any atom is 0.131 e. The average Bonchev–Trinajstić information content (AvgIpc) is 2.66. The molecule has 1 aromatic rings. The summed E-state index contributed by atoms with van der Waals surface area (Å²) in [7, 11) is 2.02. The average molecular weight is 270 g/mol. The summed E-state index contributed by atoms with van der Waals surface area (Å²) in [5.41, 5.74) is 1.24. The van der Waals surface area contributed by atoms with Crippen LogP contribution in [0, 0.1) is 6.92 Å². The smallest absolute Gasteiger partial charge is 0.131 e. The van der Waals surface area contributed by atoms with Gasteiger partial charge in [-0.1, -0.05) is 0 Å². The second-order valence-corrected chi connectivity index (χ2v) is 4.93. The van der Waals surface area contributed by atoms with Gasteiger partial charge in [0.2, 0.25) is 0 Å². The van der Waals surface area contributed by atoms with Gasteiger partial charge >= 0.3 is 0 Å². The lowest BCUT2D eigenvalue weighted by Crippen LogP contribution is -2.30. The van der Waals surface area contributed by atoms with Crippen molar-refractivity contribution in [2.75, 3.05) is 25.0 Å². The molecule has 0 aliphatic carbocycles. The van der Waals surface area contributed by atoms with Gasteiger partial charge in [-0.05, 0) is 48.0 Å². The van der Waals surface area contributed by atoms with E-state index in [-0.39, 0.29) is 0 Å². The lowest BCUT2D eigenvalue weighted by molar-refractivity contribution is 0.616. The molecule has 4 heteroatoms. The normalized spacial score (nSPS) is 21.0.